The molecule has 2 nitrogen and oxygen atoms in total. The van der Waals surface area contributed by atoms with E-state index in [1.54, 1.807) is 6.92 Å². The zero-order valence-corrected chi connectivity index (χ0v) is 10.9. The number of hydrogen-bond acceptors (Lipinski definition) is 2. The number of carbonyl (C=O) groups is 2. The Kier molecular flexibility index (Phi) is 4.00. The Bertz CT molecular complexity index is 473. The summed E-state index contributed by atoms with van der Waals surface area (Å²) in [5.41, 5.74) is 3.61. The van der Waals surface area contributed by atoms with Crippen LogP contribution in [0.15, 0.2) is 24.3 Å². The molecular formula is C15H18O2. The molecule has 0 fully saturated rings. The van der Waals surface area contributed by atoms with Crippen LogP contribution in [-0.2, 0) is 4.79 Å². The van der Waals surface area contributed by atoms with Crippen molar-refractivity contribution in [2.75, 3.05) is 0 Å². The van der Waals surface area contributed by atoms with Crippen molar-refractivity contribution in [3.8, 4) is 0 Å². The minimum absolute atomic E-state index is 0.0857. The van der Waals surface area contributed by atoms with Crippen LogP contribution in [-0.4, -0.2) is 11.6 Å². The molecule has 0 aliphatic heterocycles. The van der Waals surface area contributed by atoms with Gasteiger partial charge in [0.2, 0.25) is 0 Å². The summed E-state index contributed by atoms with van der Waals surface area (Å²) < 4.78 is 0. The fourth-order valence-electron chi connectivity index (χ4n) is 2.03. The largest absolute Gasteiger partial charge is 0.294 e. The third-order valence-electron chi connectivity index (χ3n) is 2.84. The van der Waals surface area contributed by atoms with Gasteiger partial charge in [-0.15, -0.1) is 0 Å². The van der Waals surface area contributed by atoms with E-state index in [1.165, 1.54) is 0 Å². The van der Waals surface area contributed by atoms with Gasteiger partial charge in [0.1, 0.15) is 0 Å². The average Bonchev–Trinajstić information content (AvgIpc) is 2.25. The first-order valence-electron chi connectivity index (χ1n) is 5.73. The lowest BCUT2D eigenvalue weighted by molar-refractivity contribution is -0.114. The van der Waals surface area contributed by atoms with Crippen molar-refractivity contribution >= 4 is 11.6 Å². The molecule has 0 saturated carbocycles. The molecule has 0 amide bonds. The standard InChI is InChI=1S/C15H18O2/c1-6-13(16)12(5)15(17)14-10(3)7-9(2)8-11(14)4/h7-8H,5-6H2,1-4H3. The fourth-order valence-corrected chi connectivity index (χ4v) is 2.03. The summed E-state index contributed by atoms with van der Waals surface area (Å²) in [7, 11) is 0. The Balaban J connectivity index is 3.22. The molecule has 0 unspecified atom stereocenters. The van der Waals surface area contributed by atoms with Gasteiger partial charge in [-0.05, 0) is 31.9 Å². The third kappa shape index (κ3) is 2.70. The Hall–Kier alpha value is -1.70. The minimum atomic E-state index is -0.244. The highest BCUT2D eigenvalue weighted by molar-refractivity contribution is 6.26. The minimum Gasteiger partial charge on any atom is -0.294 e. The molecule has 1 aromatic rings. The molecule has 0 bridgehead atoms. The summed E-state index contributed by atoms with van der Waals surface area (Å²) in [6.45, 7) is 11.1. The number of aryl methyl sites for hydroxylation is 3. The van der Waals surface area contributed by atoms with Gasteiger partial charge in [0.25, 0.3) is 0 Å². The maximum absolute atomic E-state index is 12.2. The maximum atomic E-state index is 12.2. The monoisotopic (exact) mass is 230 g/mol. The van der Waals surface area contributed by atoms with E-state index in [2.05, 4.69) is 6.58 Å². The lowest BCUT2D eigenvalue weighted by Crippen LogP contribution is -2.14. The van der Waals surface area contributed by atoms with Crippen LogP contribution >= 0.6 is 0 Å². The van der Waals surface area contributed by atoms with Gasteiger partial charge in [0.15, 0.2) is 11.6 Å². The lowest BCUT2D eigenvalue weighted by atomic mass is 9.92. The molecule has 17 heavy (non-hydrogen) atoms. The number of benzene rings is 1. The summed E-state index contributed by atoms with van der Waals surface area (Å²) in [6, 6.07) is 3.90. The van der Waals surface area contributed by atoms with Gasteiger partial charge in [-0.25, -0.2) is 0 Å². The molecule has 0 saturated heterocycles. The molecule has 0 spiro atoms. The maximum Gasteiger partial charge on any atom is 0.196 e. The molecule has 2 heteroatoms. The number of Topliss-reactive ketones (excluding diaryl/α,β-unsaturated/α-hetero) is 2. The molecule has 90 valence electrons. The number of hydrogen-bond donors (Lipinski definition) is 0. The summed E-state index contributed by atoms with van der Waals surface area (Å²) in [5, 5.41) is 0. The zero-order valence-electron chi connectivity index (χ0n) is 10.9. The fraction of sp³-hybridized carbons (Fsp3) is 0.333. The topological polar surface area (TPSA) is 34.1 Å². The second-order valence-electron chi connectivity index (χ2n) is 4.36. The quantitative estimate of drug-likeness (QED) is 0.344. The van der Waals surface area contributed by atoms with Crippen LogP contribution in [0, 0.1) is 20.8 Å². The summed E-state index contributed by atoms with van der Waals surface area (Å²) >= 11 is 0. The molecule has 0 aliphatic carbocycles. The Morgan fingerprint density at radius 2 is 1.59 bits per heavy atom. The predicted molar refractivity (Wildman–Crippen MR) is 69.4 cm³/mol. The Morgan fingerprint density at radius 1 is 1.12 bits per heavy atom. The van der Waals surface area contributed by atoms with Crippen molar-refractivity contribution in [2.45, 2.75) is 34.1 Å². The Labute approximate surface area is 102 Å². The third-order valence-corrected chi connectivity index (χ3v) is 2.84. The highest BCUT2D eigenvalue weighted by atomic mass is 16.1. The van der Waals surface area contributed by atoms with Crippen LogP contribution in [0.3, 0.4) is 0 Å². The van der Waals surface area contributed by atoms with Crippen molar-refractivity contribution < 1.29 is 9.59 Å². The van der Waals surface area contributed by atoms with E-state index < -0.39 is 0 Å². The smallest absolute Gasteiger partial charge is 0.196 e. The molecule has 0 atom stereocenters. The predicted octanol–water partition coefficient (Wildman–Crippen LogP) is 3.33. The van der Waals surface area contributed by atoms with Gasteiger partial charge in [0, 0.05) is 12.0 Å². The SMILES string of the molecule is C=C(C(=O)CC)C(=O)c1c(C)cc(C)cc1C. The van der Waals surface area contributed by atoms with E-state index in [0.29, 0.717) is 12.0 Å². The van der Waals surface area contributed by atoms with E-state index >= 15 is 0 Å². The summed E-state index contributed by atoms with van der Waals surface area (Å²) in [6.07, 6.45) is 0.314. The van der Waals surface area contributed by atoms with E-state index in [9.17, 15) is 9.59 Å². The molecule has 0 N–H and O–H groups in total. The number of ketones is 2. The first-order valence-corrected chi connectivity index (χ1v) is 5.73. The van der Waals surface area contributed by atoms with E-state index in [0.717, 1.165) is 16.7 Å². The van der Waals surface area contributed by atoms with Gasteiger partial charge in [-0.1, -0.05) is 31.2 Å². The molecular weight excluding hydrogens is 212 g/mol. The first kappa shape index (κ1) is 13.4. The molecule has 1 aromatic carbocycles. The molecule has 1 rings (SSSR count). The lowest BCUT2D eigenvalue weighted by Gasteiger charge is -2.11. The molecule has 0 aliphatic rings. The van der Waals surface area contributed by atoms with Crippen LogP contribution in [0.25, 0.3) is 0 Å². The van der Waals surface area contributed by atoms with Crippen molar-refractivity contribution in [2.24, 2.45) is 0 Å². The number of allylic oxidation sites excluding steroid dienone is 1. The summed E-state index contributed by atoms with van der Waals surface area (Å²) in [4.78, 5) is 23.7. The van der Waals surface area contributed by atoms with Crippen LogP contribution in [0.1, 0.15) is 40.4 Å². The highest BCUT2D eigenvalue weighted by Crippen LogP contribution is 2.20. The van der Waals surface area contributed by atoms with Gasteiger partial charge in [0.05, 0.1) is 5.57 Å². The van der Waals surface area contributed by atoms with Crippen molar-refractivity contribution in [1.82, 2.24) is 0 Å². The normalized spacial score (nSPS) is 10.1. The van der Waals surface area contributed by atoms with E-state index in [1.807, 2.05) is 32.9 Å². The van der Waals surface area contributed by atoms with Gasteiger partial charge in [-0.3, -0.25) is 9.59 Å². The molecule has 0 heterocycles. The van der Waals surface area contributed by atoms with Crippen LogP contribution < -0.4 is 0 Å². The molecule has 0 aromatic heterocycles. The van der Waals surface area contributed by atoms with Crippen molar-refractivity contribution in [3.05, 3.63) is 46.5 Å². The zero-order chi connectivity index (χ0) is 13.2. The summed E-state index contributed by atoms with van der Waals surface area (Å²) in [5.74, 6) is -0.429. The van der Waals surface area contributed by atoms with Crippen LogP contribution in [0.4, 0.5) is 0 Å². The van der Waals surface area contributed by atoms with Crippen molar-refractivity contribution in [1.29, 1.82) is 0 Å². The van der Waals surface area contributed by atoms with E-state index in [-0.39, 0.29) is 17.1 Å². The highest BCUT2D eigenvalue weighted by Gasteiger charge is 2.19. The van der Waals surface area contributed by atoms with Gasteiger partial charge >= 0.3 is 0 Å². The molecule has 0 radical (unpaired) electrons. The van der Waals surface area contributed by atoms with Gasteiger partial charge < -0.3 is 0 Å². The average molecular weight is 230 g/mol. The number of carbonyl (C=O) groups excluding carboxylic acids is 2. The Morgan fingerprint density at radius 3 is 2.00 bits per heavy atom. The second-order valence-corrected chi connectivity index (χ2v) is 4.36. The van der Waals surface area contributed by atoms with Crippen molar-refractivity contribution in [3.63, 3.8) is 0 Å². The van der Waals surface area contributed by atoms with Crippen LogP contribution in [0.2, 0.25) is 0 Å². The van der Waals surface area contributed by atoms with Crippen LogP contribution in [0.5, 0.6) is 0 Å². The number of rotatable bonds is 4. The van der Waals surface area contributed by atoms with E-state index in [4.69, 9.17) is 0 Å². The first-order chi connectivity index (χ1) is 7.88. The van der Waals surface area contributed by atoms with Gasteiger partial charge in [-0.2, -0.15) is 0 Å². The second kappa shape index (κ2) is 5.09.